The van der Waals surface area contributed by atoms with Crippen molar-refractivity contribution in [2.24, 2.45) is 0 Å². The second-order valence-electron chi connectivity index (χ2n) is 7.30. The molecule has 1 amide bonds. The molecule has 4 rings (SSSR count). The van der Waals surface area contributed by atoms with Gasteiger partial charge in [-0.25, -0.2) is 4.98 Å². The molecule has 1 saturated heterocycles. The van der Waals surface area contributed by atoms with Crippen LogP contribution < -0.4 is 10.1 Å². The molecule has 6 nitrogen and oxygen atoms in total. The number of imidazole rings is 1. The summed E-state index contributed by atoms with van der Waals surface area (Å²) in [5.41, 5.74) is 2.83. The average molecular weight is 438 g/mol. The van der Waals surface area contributed by atoms with E-state index in [1.807, 2.05) is 55.6 Å². The molecule has 1 aliphatic heterocycles. The van der Waals surface area contributed by atoms with Crippen LogP contribution in [0.3, 0.4) is 0 Å². The number of aromatic nitrogens is 2. The SMILES string of the molecule is CCOc1ccccc1NC(=O)CSc1ncc(-c2ccccc2)n1CC1CCCO1. The Morgan fingerprint density at radius 2 is 2.03 bits per heavy atom. The van der Waals surface area contributed by atoms with Gasteiger partial charge in [0, 0.05) is 6.61 Å². The molecule has 162 valence electrons. The maximum atomic E-state index is 12.6. The summed E-state index contributed by atoms with van der Waals surface area (Å²) in [6, 6.07) is 17.7. The van der Waals surface area contributed by atoms with Crippen molar-refractivity contribution >= 4 is 23.4 Å². The van der Waals surface area contributed by atoms with Crippen molar-refractivity contribution in [2.75, 3.05) is 24.3 Å². The summed E-state index contributed by atoms with van der Waals surface area (Å²) in [6.07, 6.45) is 4.20. The number of para-hydroxylation sites is 2. The third-order valence-corrected chi connectivity index (χ3v) is 6.08. The largest absolute Gasteiger partial charge is 0.492 e. The molecule has 1 atom stereocenters. The van der Waals surface area contributed by atoms with Crippen molar-refractivity contribution in [3.63, 3.8) is 0 Å². The molecule has 0 spiro atoms. The molecule has 1 fully saturated rings. The van der Waals surface area contributed by atoms with Gasteiger partial charge in [-0.05, 0) is 37.5 Å². The topological polar surface area (TPSA) is 65.4 Å². The van der Waals surface area contributed by atoms with Crippen LogP contribution in [0.15, 0.2) is 66.0 Å². The molecule has 0 saturated carbocycles. The van der Waals surface area contributed by atoms with Gasteiger partial charge in [0.25, 0.3) is 0 Å². The second kappa shape index (κ2) is 10.5. The molecule has 1 unspecified atom stereocenters. The Morgan fingerprint density at radius 1 is 1.23 bits per heavy atom. The molecule has 1 aliphatic rings. The van der Waals surface area contributed by atoms with Gasteiger partial charge in [0.05, 0.1) is 42.6 Å². The van der Waals surface area contributed by atoms with E-state index in [2.05, 4.69) is 27.0 Å². The number of hydrogen-bond donors (Lipinski definition) is 1. The van der Waals surface area contributed by atoms with Crippen molar-refractivity contribution < 1.29 is 14.3 Å². The highest BCUT2D eigenvalue weighted by molar-refractivity contribution is 7.99. The van der Waals surface area contributed by atoms with Crippen LogP contribution in [-0.4, -0.2) is 40.5 Å². The minimum Gasteiger partial charge on any atom is -0.492 e. The van der Waals surface area contributed by atoms with Crippen molar-refractivity contribution in [3.8, 4) is 17.0 Å². The van der Waals surface area contributed by atoms with Crippen molar-refractivity contribution in [1.29, 1.82) is 0 Å². The van der Waals surface area contributed by atoms with E-state index in [4.69, 9.17) is 9.47 Å². The summed E-state index contributed by atoms with van der Waals surface area (Å²) in [7, 11) is 0. The Kier molecular flexibility index (Phi) is 7.27. The maximum absolute atomic E-state index is 12.6. The van der Waals surface area contributed by atoms with Crippen LogP contribution in [0.5, 0.6) is 5.75 Å². The fourth-order valence-electron chi connectivity index (χ4n) is 3.65. The normalized spacial score (nSPS) is 15.7. The van der Waals surface area contributed by atoms with Gasteiger partial charge in [0.15, 0.2) is 5.16 Å². The first-order valence-electron chi connectivity index (χ1n) is 10.6. The van der Waals surface area contributed by atoms with Gasteiger partial charge < -0.3 is 19.4 Å². The highest BCUT2D eigenvalue weighted by Crippen LogP contribution is 2.29. The van der Waals surface area contributed by atoms with E-state index in [0.717, 1.165) is 42.4 Å². The summed E-state index contributed by atoms with van der Waals surface area (Å²) in [5, 5.41) is 3.77. The lowest BCUT2D eigenvalue weighted by Gasteiger charge is -2.16. The first-order valence-corrected chi connectivity index (χ1v) is 11.6. The molecule has 7 heteroatoms. The summed E-state index contributed by atoms with van der Waals surface area (Å²) in [4.78, 5) is 17.3. The van der Waals surface area contributed by atoms with Crippen molar-refractivity contribution in [1.82, 2.24) is 9.55 Å². The lowest BCUT2D eigenvalue weighted by molar-refractivity contribution is -0.113. The molecular weight excluding hydrogens is 410 g/mol. The molecule has 2 aromatic carbocycles. The first-order chi connectivity index (χ1) is 15.2. The molecule has 1 aromatic heterocycles. The number of ether oxygens (including phenoxy) is 2. The molecule has 0 aliphatic carbocycles. The van der Waals surface area contributed by atoms with Gasteiger partial charge in [-0.15, -0.1) is 0 Å². The number of carbonyl (C=O) groups is 1. The maximum Gasteiger partial charge on any atom is 0.234 e. The Morgan fingerprint density at radius 3 is 2.81 bits per heavy atom. The Balaban J connectivity index is 1.47. The van der Waals surface area contributed by atoms with Gasteiger partial charge in [-0.3, -0.25) is 4.79 Å². The molecule has 2 heterocycles. The van der Waals surface area contributed by atoms with Gasteiger partial charge >= 0.3 is 0 Å². The summed E-state index contributed by atoms with van der Waals surface area (Å²) < 4.78 is 13.6. The smallest absolute Gasteiger partial charge is 0.234 e. The number of nitrogens with zero attached hydrogens (tertiary/aromatic N) is 2. The first kappa shape index (κ1) is 21.5. The number of thioether (sulfide) groups is 1. The Bertz CT molecular complexity index is 1000. The monoisotopic (exact) mass is 437 g/mol. The van der Waals surface area contributed by atoms with Crippen LogP contribution >= 0.6 is 11.8 Å². The van der Waals surface area contributed by atoms with E-state index in [1.54, 1.807) is 0 Å². The number of hydrogen-bond acceptors (Lipinski definition) is 5. The summed E-state index contributed by atoms with van der Waals surface area (Å²) in [6.45, 7) is 4.02. The number of rotatable bonds is 9. The lowest BCUT2D eigenvalue weighted by atomic mass is 10.1. The van der Waals surface area contributed by atoms with Gasteiger partial charge in [-0.2, -0.15) is 0 Å². The fraction of sp³-hybridized carbons (Fsp3) is 0.333. The third kappa shape index (κ3) is 5.48. The van der Waals surface area contributed by atoms with Crippen LogP contribution in [0, 0.1) is 0 Å². The molecular formula is C24H27N3O3S. The van der Waals surface area contributed by atoms with E-state index in [1.165, 1.54) is 11.8 Å². The highest BCUT2D eigenvalue weighted by atomic mass is 32.2. The highest BCUT2D eigenvalue weighted by Gasteiger charge is 2.21. The zero-order valence-electron chi connectivity index (χ0n) is 17.6. The predicted molar refractivity (Wildman–Crippen MR) is 124 cm³/mol. The van der Waals surface area contributed by atoms with E-state index in [-0.39, 0.29) is 17.8 Å². The van der Waals surface area contributed by atoms with Crippen LogP contribution in [-0.2, 0) is 16.1 Å². The second-order valence-corrected chi connectivity index (χ2v) is 8.25. The van der Waals surface area contributed by atoms with Crippen LogP contribution in [0.2, 0.25) is 0 Å². The molecule has 0 bridgehead atoms. The standard InChI is InChI=1S/C24H27N3O3S/c1-2-29-22-13-7-6-12-20(22)26-23(28)17-31-24-25-15-21(18-9-4-3-5-10-18)27(24)16-19-11-8-14-30-19/h3-7,9-10,12-13,15,19H,2,8,11,14,16-17H2,1H3,(H,26,28). The van der Waals surface area contributed by atoms with Crippen LogP contribution in [0.25, 0.3) is 11.3 Å². The number of nitrogens with one attached hydrogen (secondary N) is 1. The molecule has 1 N–H and O–H groups in total. The van der Waals surface area contributed by atoms with Gasteiger partial charge in [0.2, 0.25) is 5.91 Å². The summed E-state index contributed by atoms with van der Waals surface area (Å²) >= 11 is 1.44. The van der Waals surface area contributed by atoms with Crippen molar-refractivity contribution in [2.45, 2.75) is 37.6 Å². The fourth-order valence-corrected chi connectivity index (χ4v) is 4.44. The van der Waals surface area contributed by atoms with E-state index in [0.29, 0.717) is 18.0 Å². The minimum atomic E-state index is -0.0925. The van der Waals surface area contributed by atoms with Gasteiger partial charge in [0.1, 0.15) is 5.75 Å². The third-order valence-electron chi connectivity index (χ3n) is 5.09. The lowest BCUT2D eigenvalue weighted by Crippen LogP contribution is -2.18. The zero-order chi connectivity index (χ0) is 21.5. The number of amides is 1. The Hall–Kier alpha value is -2.77. The van der Waals surface area contributed by atoms with Crippen LogP contribution in [0.4, 0.5) is 5.69 Å². The number of benzene rings is 2. The van der Waals surface area contributed by atoms with E-state index in [9.17, 15) is 4.79 Å². The summed E-state index contributed by atoms with van der Waals surface area (Å²) in [5.74, 6) is 0.844. The molecule has 0 radical (unpaired) electrons. The van der Waals surface area contributed by atoms with E-state index >= 15 is 0 Å². The quantitative estimate of drug-likeness (QED) is 0.485. The average Bonchev–Trinajstić information content (AvgIpc) is 3.45. The Labute approximate surface area is 187 Å². The van der Waals surface area contributed by atoms with Crippen molar-refractivity contribution in [3.05, 3.63) is 60.8 Å². The number of anilines is 1. The van der Waals surface area contributed by atoms with Gasteiger partial charge in [-0.1, -0.05) is 54.2 Å². The van der Waals surface area contributed by atoms with E-state index < -0.39 is 0 Å². The number of carbonyl (C=O) groups excluding carboxylic acids is 1. The van der Waals surface area contributed by atoms with Crippen LogP contribution in [0.1, 0.15) is 19.8 Å². The zero-order valence-corrected chi connectivity index (χ0v) is 18.4. The minimum absolute atomic E-state index is 0.0925. The molecule has 31 heavy (non-hydrogen) atoms. The molecule has 3 aromatic rings. The predicted octanol–water partition coefficient (Wildman–Crippen LogP) is 4.86.